The molecule has 0 N–H and O–H groups in total. The average Bonchev–Trinajstić information content (AvgIpc) is 2.91. The zero-order valence-corrected chi connectivity index (χ0v) is 11.5. The smallest absolute Gasteiger partial charge is 0.203 e. The molecule has 0 radical (unpaired) electrons. The summed E-state index contributed by atoms with van der Waals surface area (Å²) in [4.78, 5) is 2.48. The van der Waals surface area contributed by atoms with E-state index in [4.69, 9.17) is 4.74 Å². The van der Waals surface area contributed by atoms with Gasteiger partial charge >= 0.3 is 0 Å². The number of methoxy groups -OCH3 is 1. The van der Waals surface area contributed by atoms with Crippen LogP contribution in [0.25, 0.3) is 5.65 Å². The molecule has 0 amide bonds. The number of hydrogen-bond acceptors (Lipinski definition) is 4. The van der Waals surface area contributed by atoms with Crippen LogP contribution in [-0.2, 0) is 0 Å². The van der Waals surface area contributed by atoms with Crippen LogP contribution in [-0.4, -0.2) is 46.2 Å². The minimum Gasteiger partial charge on any atom is -0.493 e. The van der Waals surface area contributed by atoms with E-state index in [0.29, 0.717) is 5.92 Å². The summed E-state index contributed by atoms with van der Waals surface area (Å²) in [5.41, 5.74) is 0.814. The van der Waals surface area contributed by atoms with Crippen molar-refractivity contribution in [1.82, 2.24) is 19.5 Å². The SMILES string of the molecule is CCN1CCCC(c2nnc3c(OC)cccn23)C1. The first-order chi connectivity index (χ1) is 9.33. The average molecular weight is 260 g/mol. The number of piperidine rings is 1. The second kappa shape index (κ2) is 5.17. The van der Waals surface area contributed by atoms with Crippen LogP contribution >= 0.6 is 0 Å². The van der Waals surface area contributed by atoms with Gasteiger partial charge in [0.25, 0.3) is 0 Å². The lowest BCUT2D eigenvalue weighted by atomic mass is 9.97. The first-order valence-electron chi connectivity index (χ1n) is 6.93. The molecule has 1 unspecified atom stereocenters. The molecule has 3 heterocycles. The number of hydrogen-bond donors (Lipinski definition) is 0. The van der Waals surface area contributed by atoms with Crippen LogP contribution in [0.4, 0.5) is 0 Å². The van der Waals surface area contributed by atoms with Crippen LogP contribution in [0.5, 0.6) is 5.75 Å². The maximum Gasteiger partial charge on any atom is 0.203 e. The Kier molecular flexibility index (Phi) is 3.38. The van der Waals surface area contributed by atoms with E-state index in [1.807, 2.05) is 18.3 Å². The third-order valence-electron chi connectivity index (χ3n) is 3.96. The van der Waals surface area contributed by atoms with Gasteiger partial charge in [0.05, 0.1) is 7.11 Å². The van der Waals surface area contributed by atoms with E-state index in [0.717, 1.165) is 30.3 Å². The Morgan fingerprint density at radius 3 is 3.11 bits per heavy atom. The highest BCUT2D eigenvalue weighted by atomic mass is 16.5. The lowest BCUT2D eigenvalue weighted by molar-refractivity contribution is 0.213. The highest BCUT2D eigenvalue weighted by molar-refractivity contribution is 5.53. The number of likely N-dealkylation sites (N-methyl/N-ethyl adjacent to an activating group) is 1. The Bertz CT molecular complexity index is 566. The van der Waals surface area contributed by atoms with Crippen LogP contribution < -0.4 is 4.74 Å². The minimum absolute atomic E-state index is 0.468. The van der Waals surface area contributed by atoms with Gasteiger partial charge in [0.15, 0.2) is 5.75 Å². The third-order valence-corrected chi connectivity index (χ3v) is 3.96. The maximum atomic E-state index is 5.34. The largest absolute Gasteiger partial charge is 0.493 e. The van der Waals surface area contributed by atoms with Gasteiger partial charge in [-0.15, -0.1) is 10.2 Å². The quantitative estimate of drug-likeness (QED) is 0.846. The first kappa shape index (κ1) is 12.4. The second-order valence-electron chi connectivity index (χ2n) is 5.06. The van der Waals surface area contributed by atoms with Gasteiger partial charge in [0.2, 0.25) is 5.65 Å². The standard InChI is InChI=1S/C14H20N4O/c1-3-17-8-4-6-11(10-17)13-15-16-14-12(19-2)7-5-9-18(13)14/h5,7,9,11H,3-4,6,8,10H2,1-2H3. The summed E-state index contributed by atoms with van der Waals surface area (Å²) in [5.74, 6) is 2.31. The molecule has 1 saturated heterocycles. The van der Waals surface area contributed by atoms with Crippen molar-refractivity contribution in [2.75, 3.05) is 26.7 Å². The molecule has 0 bridgehead atoms. The van der Waals surface area contributed by atoms with Crippen molar-refractivity contribution in [1.29, 1.82) is 0 Å². The third kappa shape index (κ3) is 2.18. The number of pyridine rings is 1. The minimum atomic E-state index is 0.468. The van der Waals surface area contributed by atoms with E-state index in [2.05, 4.69) is 26.4 Å². The van der Waals surface area contributed by atoms with Crippen molar-refractivity contribution < 1.29 is 4.74 Å². The zero-order chi connectivity index (χ0) is 13.2. The molecular weight excluding hydrogens is 240 g/mol. The highest BCUT2D eigenvalue weighted by Crippen LogP contribution is 2.27. The molecule has 0 spiro atoms. The Morgan fingerprint density at radius 2 is 2.32 bits per heavy atom. The second-order valence-corrected chi connectivity index (χ2v) is 5.06. The fourth-order valence-corrected chi connectivity index (χ4v) is 2.90. The molecule has 1 aliphatic heterocycles. The summed E-state index contributed by atoms with van der Waals surface area (Å²) < 4.78 is 7.41. The molecule has 5 heteroatoms. The Hall–Kier alpha value is -1.62. The lowest BCUT2D eigenvalue weighted by Crippen LogP contribution is -2.34. The summed E-state index contributed by atoms with van der Waals surface area (Å²) in [6.45, 7) is 5.60. The normalized spacial score (nSPS) is 20.8. The van der Waals surface area contributed by atoms with Crippen LogP contribution in [0.2, 0.25) is 0 Å². The van der Waals surface area contributed by atoms with Crippen LogP contribution in [0.1, 0.15) is 31.5 Å². The fourth-order valence-electron chi connectivity index (χ4n) is 2.90. The van der Waals surface area contributed by atoms with Crippen molar-refractivity contribution >= 4 is 5.65 Å². The fraction of sp³-hybridized carbons (Fsp3) is 0.571. The van der Waals surface area contributed by atoms with Crippen LogP contribution in [0.3, 0.4) is 0 Å². The van der Waals surface area contributed by atoms with Gasteiger partial charge in [-0.3, -0.25) is 4.40 Å². The molecule has 0 aliphatic carbocycles. The monoisotopic (exact) mass is 260 g/mol. The molecule has 0 aromatic carbocycles. The number of aromatic nitrogens is 3. The molecular formula is C14H20N4O. The van der Waals surface area contributed by atoms with E-state index < -0.39 is 0 Å². The molecule has 5 nitrogen and oxygen atoms in total. The summed E-state index contributed by atoms with van der Waals surface area (Å²) in [6, 6.07) is 3.91. The molecule has 1 aliphatic rings. The molecule has 1 atom stereocenters. The number of nitrogens with zero attached hydrogens (tertiary/aromatic N) is 4. The van der Waals surface area contributed by atoms with Crippen molar-refractivity contribution in [3.63, 3.8) is 0 Å². The molecule has 2 aromatic rings. The van der Waals surface area contributed by atoms with Gasteiger partial charge in [-0.05, 0) is 38.1 Å². The molecule has 2 aromatic heterocycles. The number of ether oxygens (including phenoxy) is 1. The molecule has 19 heavy (non-hydrogen) atoms. The van der Waals surface area contributed by atoms with Gasteiger partial charge in [-0.25, -0.2) is 0 Å². The van der Waals surface area contributed by atoms with Gasteiger partial charge < -0.3 is 9.64 Å². The molecule has 0 saturated carbocycles. The summed E-state index contributed by atoms with van der Waals surface area (Å²) >= 11 is 0. The topological polar surface area (TPSA) is 42.7 Å². The lowest BCUT2D eigenvalue weighted by Gasteiger charge is -2.30. The zero-order valence-electron chi connectivity index (χ0n) is 11.5. The van der Waals surface area contributed by atoms with E-state index in [1.165, 1.54) is 19.4 Å². The maximum absolute atomic E-state index is 5.34. The first-order valence-corrected chi connectivity index (χ1v) is 6.93. The van der Waals surface area contributed by atoms with Gasteiger partial charge in [-0.2, -0.15) is 0 Å². The number of rotatable bonds is 3. The molecule has 1 fully saturated rings. The van der Waals surface area contributed by atoms with E-state index in [1.54, 1.807) is 7.11 Å². The van der Waals surface area contributed by atoms with Crippen LogP contribution in [0, 0.1) is 0 Å². The Labute approximate surface area is 113 Å². The van der Waals surface area contributed by atoms with Crippen LogP contribution in [0.15, 0.2) is 18.3 Å². The molecule has 102 valence electrons. The van der Waals surface area contributed by atoms with Gasteiger partial charge in [0.1, 0.15) is 5.82 Å². The number of likely N-dealkylation sites (tertiary alicyclic amines) is 1. The van der Waals surface area contributed by atoms with E-state index in [-0.39, 0.29) is 0 Å². The summed E-state index contributed by atoms with van der Waals surface area (Å²) in [6.07, 6.45) is 4.45. The van der Waals surface area contributed by atoms with E-state index >= 15 is 0 Å². The Morgan fingerprint density at radius 1 is 1.42 bits per heavy atom. The predicted molar refractivity (Wildman–Crippen MR) is 73.6 cm³/mol. The molecule has 3 rings (SSSR count). The van der Waals surface area contributed by atoms with Crippen molar-refractivity contribution in [3.05, 3.63) is 24.2 Å². The van der Waals surface area contributed by atoms with Crippen molar-refractivity contribution in [2.45, 2.75) is 25.7 Å². The summed E-state index contributed by atoms with van der Waals surface area (Å²) in [5, 5.41) is 8.69. The Balaban J connectivity index is 1.96. The highest BCUT2D eigenvalue weighted by Gasteiger charge is 2.24. The van der Waals surface area contributed by atoms with Gasteiger partial charge in [-0.1, -0.05) is 6.92 Å². The van der Waals surface area contributed by atoms with Crippen molar-refractivity contribution in [2.24, 2.45) is 0 Å². The van der Waals surface area contributed by atoms with Crippen molar-refractivity contribution in [3.8, 4) is 5.75 Å². The van der Waals surface area contributed by atoms with Gasteiger partial charge in [0, 0.05) is 18.7 Å². The predicted octanol–water partition coefficient (Wildman–Crippen LogP) is 1.94. The van der Waals surface area contributed by atoms with E-state index in [9.17, 15) is 0 Å². The summed E-state index contributed by atoms with van der Waals surface area (Å²) in [7, 11) is 1.67. The number of fused-ring (bicyclic) bond motifs is 1.